The molecule has 0 bridgehead atoms. The van der Waals surface area contributed by atoms with E-state index in [1.165, 1.54) is 39.8 Å². The Kier molecular flexibility index (Phi) is 19.4. The fourth-order valence-corrected chi connectivity index (χ4v) is 12.5. The Bertz CT molecular complexity index is 2990. The highest BCUT2D eigenvalue weighted by Crippen LogP contribution is 2.49. The van der Waals surface area contributed by atoms with Crippen LogP contribution in [0.25, 0.3) is 0 Å². The van der Waals surface area contributed by atoms with E-state index in [0.717, 1.165) is 33.7 Å². The monoisotopic (exact) mass is 1130 g/mol. The lowest BCUT2D eigenvalue weighted by molar-refractivity contribution is -0.150. The molecule has 8 N–H and O–H groups in total. The molecule has 13 atom stereocenters. The van der Waals surface area contributed by atoms with Crippen LogP contribution in [0.5, 0.6) is 17.2 Å². The second-order valence-electron chi connectivity index (χ2n) is 18.5. The summed E-state index contributed by atoms with van der Waals surface area (Å²) in [6.45, 7) is 4.00. The molecule has 2 aromatic heterocycles. The first-order valence-electron chi connectivity index (χ1n) is 23.5. The van der Waals surface area contributed by atoms with E-state index in [0.29, 0.717) is 17.1 Å². The minimum atomic E-state index is -3.73. The lowest BCUT2D eigenvalue weighted by atomic mass is 9.96. The molecule has 6 rings (SSSR count). The lowest BCUT2D eigenvalue weighted by Crippen LogP contribution is -2.47. The number of aliphatic hydroxyl groups excluding tert-OH is 2. The maximum atomic E-state index is 13.5. The number of para-hydroxylation sites is 1. The third kappa shape index (κ3) is 15.0. The van der Waals surface area contributed by atoms with E-state index in [1.807, 2.05) is 0 Å². The SMILES string of the molecule is Cc1ccccc1OP(=S)(NC(C)C(=O)OC(C)CCOc1ccc(OP(=S)(NC(C)C(=O)OC(C)C)OCC2OC(n3ccc(=O)[nH]c3=O)C(C)(O)C2O)cc1)OCC1OC(n2ccc(=O)[nH]c2=O)C(C)(O)C1O. The van der Waals surface area contributed by atoms with Crippen LogP contribution < -0.4 is 46.5 Å². The van der Waals surface area contributed by atoms with Crippen LogP contribution in [0.2, 0.25) is 0 Å². The molecule has 2 aromatic carbocycles. The molecular weight excluding hydrogens is 1070 g/mol. The maximum absolute atomic E-state index is 13.5. The molecule has 0 aliphatic carbocycles. The lowest BCUT2D eigenvalue weighted by Gasteiger charge is -2.29. The zero-order valence-corrected chi connectivity index (χ0v) is 45.5. The van der Waals surface area contributed by atoms with Crippen molar-refractivity contribution in [3.8, 4) is 17.2 Å². The van der Waals surface area contributed by atoms with Crippen molar-refractivity contribution in [3.05, 3.63) is 120 Å². The molecule has 2 saturated heterocycles. The minimum Gasteiger partial charge on any atom is -0.493 e. The number of benzene rings is 2. The largest absolute Gasteiger partial charge is 0.493 e. The number of hydrogen-bond donors (Lipinski definition) is 8. The highest BCUT2D eigenvalue weighted by atomic mass is 32.5. The van der Waals surface area contributed by atoms with Gasteiger partial charge in [0.1, 0.15) is 71.1 Å². The first-order valence-corrected chi connectivity index (χ1v) is 28.8. The van der Waals surface area contributed by atoms with Gasteiger partial charge in [-0.15, -0.1) is 0 Å². The van der Waals surface area contributed by atoms with Gasteiger partial charge in [-0.2, -0.15) is 0 Å². The second-order valence-corrected chi connectivity index (χ2v) is 24.8. The molecule has 2 fully saturated rings. The molecule has 75 heavy (non-hydrogen) atoms. The molecule has 0 amide bonds. The van der Waals surface area contributed by atoms with E-state index >= 15 is 0 Å². The van der Waals surface area contributed by atoms with Crippen LogP contribution in [0.15, 0.2) is 92.2 Å². The van der Waals surface area contributed by atoms with Crippen molar-refractivity contribution in [2.24, 2.45) is 0 Å². The van der Waals surface area contributed by atoms with Gasteiger partial charge in [-0.05, 0) is 115 Å². The van der Waals surface area contributed by atoms with Gasteiger partial charge in [0, 0.05) is 30.9 Å². The number of aromatic amines is 2. The van der Waals surface area contributed by atoms with E-state index < -0.39 is 133 Å². The van der Waals surface area contributed by atoms with Crippen LogP contribution in [0, 0.1) is 6.92 Å². The summed E-state index contributed by atoms with van der Waals surface area (Å²) >= 11 is 11.7. The van der Waals surface area contributed by atoms with Crippen molar-refractivity contribution in [1.29, 1.82) is 0 Å². The summed E-state index contributed by atoms with van der Waals surface area (Å²) in [5, 5.41) is 50.4. The molecule has 0 saturated carbocycles. The first-order chi connectivity index (χ1) is 35.1. The summed E-state index contributed by atoms with van der Waals surface area (Å²) < 4.78 is 55.0. The summed E-state index contributed by atoms with van der Waals surface area (Å²) in [5.41, 5.74) is -6.46. The Hall–Kier alpha value is -4.96. The molecule has 4 heterocycles. The van der Waals surface area contributed by atoms with E-state index in [9.17, 15) is 49.2 Å². The Morgan fingerprint density at radius 2 is 1.16 bits per heavy atom. The Morgan fingerprint density at radius 1 is 0.707 bits per heavy atom. The van der Waals surface area contributed by atoms with Gasteiger partial charge >= 0.3 is 36.6 Å². The number of aliphatic hydroxyl groups is 4. The highest BCUT2D eigenvalue weighted by molar-refractivity contribution is 8.09. The fourth-order valence-electron chi connectivity index (χ4n) is 7.64. The number of rotatable bonds is 24. The van der Waals surface area contributed by atoms with Crippen LogP contribution in [0.1, 0.15) is 72.9 Å². The van der Waals surface area contributed by atoms with Crippen molar-refractivity contribution >= 4 is 48.8 Å². The smallest absolute Gasteiger partial charge is 0.330 e. The Labute approximate surface area is 439 Å². The number of carbonyl (C=O) groups excluding carboxylic acids is 2. The molecule has 0 spiro atoms. The van der Waals surface area contributed by atoms with E-state index in [1.54, 1.807) is 64.1 Å². The summed E-state index contributed by atoms with van der Waals surface area (Å²) in [6.07, 6.45) is -7.24. The van der Waals surface area contributed by atoms with Crippen LogP contribution in [0.3, 0.4) is 0 Å². The van der Waals surface area contributed by atoms with Gasteiger partial charge in [0.2, 0.25) is 0 Å². The van der Waals surface area contributed by atoms with Crippen molar-refractivity contribution in [3.63, 3.8) is 0 Å². The molecule has 2 aliphatic rings. The van der Waals surface area contributed by atoms with Gasteiger partial charge in [0.05, 0.1) is 25.9 Å². The van der Waals surface area contributed by atoms with Crippen molar-refractivity contribution in [2.45, 2.75) is 134 Å². The number of ether oxygens (including phenoxy) is 5. The van der Waals surface area contributed by atoms with E-state index in [2.05, 4.69) is 20.1 Å². The number of esters is 2. The van der Waals surface area contributed by atoms with Gasteiger partial charge in [-0.1, -0.05) is 18.2 Å². The zero-order chi connectivity index (χ0) is 55.2. The van der Waals surface area contributed by atoms with Crippen molar-refractivity contribution < 1.29 is 71.8 Å². The summed E-state index contributed by atoms with van der Waals surface area (Å²) in [7, 11) is 0. The number of hydrogen-bond acceptors (Lipinski definition) is 21. The van der Waals surface area contributed by atoms with Crippen LogP contribution in [-0.2, 0) is 61.2 Å². The van der Waals surface area contributed by atoms with Gasteiger partial charge in [-0.3, -0.25) is 38.3 Å². The average Bonchev–Trinajstić information content (AvgIpc) is 3.69. The topological polar surface area (TPSA) is 332 Å². The molecule has 29 heteroatoms. The Morgan fingerprint density at radius 3 is 1.63 bits per heavy atom. The van der Waals surface area contributed by atoms with Crippen LogP contribution >= 0.6 is 13.3 Å². The number of H-pyrrole nitrogens is 2. The van der Waals surface area contributed by atoms with Crippen LogP contribution in [-0.4, -0.2) is 131 Å². The summed E-state index contributed by atoms with van der Waals surface area (Å²) in [4.78, 5) is 78.9. The van der Waals surface area contributed by atoms with Crippen molar-refractivity contribution in [2.75, 3.05) is 19.8 Å². The third-order valence-corrected chi connectivity index (χ3v) is 16.8. The first kappa shape index (κ1) is 59.3. The summed E-state index contributed by atoms with van der Waals surface area (Å²) in [5.74, 6) is -0.447. The van der Waals surface area contributed by atoms with Gasteiger partial charge in [-0.25, -0.2) is 19.8 Å². The predicted octanol–water partition coefficient (Wildman–Crippen LogP) is 1.66. The number of aromatic nitrogens is 4. The number of nitrogens with zero attached hydrogens (tertiary/aromatic N) is 2. The second kappa shape index (κ2) is 24.6. The van der Waals surface area contributed by atoms with Crippen molar-refractivity contribution in [1.82, 2.24) is 29.3 Å². The minimum absolute atomic E-state index is 0.0887. The molecule has 13 unspecified atom stereocenters. The quantitative estimate of drug-likeness (QED) is 0.0365. The highest BCUT2D eigenvalue weighted by Gasteiger charge is 2.55. The maximum Gasteiger partial charge on any atom is 0.330 e. The fraction of sp³-hybridized carbons (Fsp3) is 0.522. The molecule has 412 valence electrons. The molecule has 4 aromatic rings. The molecule has 25 nitrogen and oxygen atoms in total. The normalized spacial score (nSPS) is 26.4. The number of carbonyl (C=O) groups is 2. The Balaban J connectivity index is 1.04. The number of aryl methyl sites for hydroxylation is 1. The predicted molar refractivity (Wildman–Crippen MR) is 275 cm³/mol. The summed E-state index contributed by atoms with van der Waals surface area (Å²) in [6, 6.07) is 13.1. The standard InChI is InChI=1S/C46H62N6O19P2S2/c1-25(2)66-39(57)28(5)49-72(74,64-23-33-37(55)45(7,61)41(68-33)51-20-17-35(53)47-43(51)59)70-31-15-13-30(14-16-31)63-22-19-27(4)67-40(58)29(6)50-73(75,71-32-12-10-9-11-26(32)3)65-24-34-38(56)46(8,62)42(69-34)52-21-18-36(54)48-44(52)60/h9-18,20-21,25,27-29,33-34,37-38,41-42,55-56,61-62H,19,22-24H2,1-8H3,(H,49,74)(H,50,75)(H,47,53,59)(H,48,54,60). The van der Waals surface area contributed by atoms with Gasteiger partial charge in [0.15, 0.2) is 12.5 Å². The third-order valence-electron chi connectivity index (χ3n) is 11.8. The van der Waals surface area contributed by atoms with E-state index in [-0.39, 0.29) is 18.8 Å². The van der Waals surface area contributed by atoms with Gasteiger partial charge in [0.25, 0.3) is 11.1 Å². The van der Waals surface area contributed by atoms with Crippen LogP contribution in [0.4, 0.5) is 0 Å². The molecular formula is C46H62N6O19P2S2. The average molecular weight is 1130 g/mol. The molecule has 0 radical (unpaired) electrons. The van der Waals surface area contributed by atoms with Gasteiger partial charge < -0.3 is 62.2 Å². The molecule has 2 aliphatic heterocycles. The number of nitrogens with one attached hydrogen (secondary N) is 4. The zero-order valence-electron chi connectivity index (χ0n) is 42.0. The van der Waals surface area contributed by atoms with E-state index in [4.69, 9.17) is 65.4 Å².